The van der Waals surface area contributed by atoms with Crippen LogP contribution < -0.4 is 16.0 Å². The predicted molar refractivity (Wildman–Crippen MR) is 90.7 cm³/mol. The van der Waals surface area contributed by atoms with Gasteiger partial charge in [-0.25, -0.2) is 0 Å². The summed E-state index contributed by atoms with van der Waals surface area (Å²) in [5.74, 6) is -0.139. The zero-order valence-corrected chi connectivity index (χ0v) is 13.9. The van der Waals surface area contributed by atoms with Crippen molar-refractivity contribution in [3.05, 3.63) is 29.3 Å². The topological polar surface area (TPSA) is 70.2 Å². The SMILES string of the molecule is CNC(=O)c1cccc(NC(=O)CCC2CCCN2)c1C.Cl. The van der Waals surface area contributed by atoms with Crippen LogP contribution in [0.2, 0.25) is 0 Å². The monoisotopic (exact) mass is 325 g/mol. The van der Waals surface area contributed by atoms with Gasteiger partial charge >= 0.3 is 0 Å². The van der Waals surface area contributed by atoms with E-state index in [4.69, 9.17) is 0 Å². The Bertz CT molecular complexity index is 528. The van der Waals surface area contributed by atoms with Crippen molar-refractivity contribution in [1.29, 1.82) is 0 Å². The molecule has 1 aromatic rings. The summed E-state index contributed by atoms with van der Waals surface area (Å²) in [5.41, 5.74) is 2.09. The van der Waals surface area contributed by atoms with Crippen LogP contribution in [0, 0.1) is 6.92 Å². The molecule has 1 unspecified atom stereocenters. The number of halogens is 1. The number of carbonyl (C=O) groups is 2. The van der Waals surface area contributed by atoms with E-state index < -0.39 is 0 Å². The molecule has 0 radical (unpaired) electrons. The minimum absolute atomic E-state index is 0. The molecule has 0 bridgehead atoms. The van der Waals surface area contributed by atoms with E-state index in [1.165, 1.54) is 6.42 Å². The van der Waals surface area contributed by atoms with Crippen molar-refractivity contribution in [2.45, 2.75) is 38.6 Å². The van der Waals surface area contributed by atoms with Gasteiger partial charge in [-0.2, -0.15) is 0 Å². The summed E-state index contributed by atoms with van der Waals surface area (Å²) in [6.45, 7) is 2.90. The molecule has 1 aliphatic heterocycles. The molecule has 122 valence electrons. The lowest BCUT2D eigenvalue weighted by molar-refractivity contribution is -0.116. The summed E-state index contributed by atoms with van der Waals surface area (Å²) in [6, 6.07) is 5.83. The molecule has 1 atom stereocenters. The van der Waals surface area contributed by atoms with Gasteiger partial charge in [0.2, 0.25) is 5.91 Å². The average molecular weight is 326 g/mol. The Hall–Kier alpha value is -1.59. The van der Waals surface area contributed by atoms with Crippen LogP contribution in [0.1, 0.15) is 41.6 Å². The lowest BCUT2D eigenvalue weighted by Gasteiger charge is -2.13. The summed E-state index contributed by atoms with van der Waals surface area (Å²) < 4.78 is 0. The Labute approximate surface area is 137 Å². The highest BCUT2D eigenvalue weighted by Gasteiger charge is 2.16. The number of nitrogens with one attached hydrogen (secondary N) is 3. The van der Waals surface area contributed by atoms with Crippen molar-refractivity contribution in [2.75, 3.05) is 18.9 Å². The second-order valence-electron chi connectivity index (χ2n) is 5.44. The second kappa shape index (κ2) is 8.76. The summed E-state index contributed by atoms with van der Waals surface area (Å²) >= 11 is 0. The third kappa shape index (κ3) is 4.71. The number of hydrogen-bond donors (Lipinski definition) is 3. The van der Waals surface area contributed by atoms with E-state index in [0.29, 0.717) is 23.7 Å². The fourth-order valence-electron chi connectivity index (χ4n) is 2.67. The molecule has 0 aliphatic carbocycles. The molecule has 2 amide bonds. The second-order valence-corrected chi connectivity index (χ2v) is 5.44. The fourth-order valence-corrected chi connectivity index (χ4v) is 2.67. The van der Waals surface area contributed by atoms with Gasteiger partial charge in [-0.1, -0.05) is 6.07 Å². The van der Waals surface area contributed by atoms with E-state index >= 15 is 0 Å². The molecular formula is C16H24ClN3O2. The van der Waals surface area contributed by atoms with Gasteiger partial charge in [0.05, 0.1) is 0 Å². The van der Waals surface area contributed by atoms with Crippen molar-refractivity contribution in [3.63, 3.8) is 0 Å². The van der Waals surface area contributed by atoms with E-state index in [1.54, 1.807) is 19.2 Å². The molecule has 1 aromatic carbocycles. The highest BCUT2D eigenvalue weighted by atomic mass is 35.5. The van der Waals surface area contributed by atoms with E-state index in [1.807, 2.05) is 13.0 Å². The van der Waals surface area contributed by atoms with Crippen LogP contribution >= 0.6 is 12.4 Å². The van der Waals surface area contributed by atoms with Gasteiger partial charge in [0.15, 0.2) is 0 Å². The maximum absolute atomic E-state index is 12.0. The van der Waals surface area contributed by atoms with E-state index in [9.17, 15) is 9.59 Å². The van der Waals surface area contributed by atoms with Crippen molar-refractivity contribution >= 4 is 29.9 Å². The van der Waals surface area contributed by atoms with Gasteiger partial charge in [-0.3, -0.25) is 9.59 Å². The van der Waals surface area contributed by atoms with Crippen LogP contribution in [0.3, 0.4) is 0 Å². The Balaban J connectivity index is 0.00000242. The Kier molecular flexibility index (Phi) is 7.35. The molecule has 2 rings (SSSR count). The first-order chi connectivity index (χ1) is 10.1. The number of carbonyl (C=O) groups excluding carboxylic acids is 2. The third-order valence-corrected chi connectivity index (χ3v) is 3.96. The summed E-state index contributed by atoms with van der Waals surface area (Å²) in [5, 5.41) is 8.90. The maximum Gasteiger partial charge on any atom is 0.251 e. The first kappa shape index (κ1) is 18.5. The molecule has 0 aromatic heterocycles. The van der Waals surface area contributed by atoms with Crippen molar-refractivity contribution in [3.8, 4) is 0 Å². The lowest BCUT2D eigenvalue weighted by atomic mass is 10.1. The normalized spacial score (nSPS) is 16.7. The molecule has 0 saturated carbocycles. The molecule has 5 nitrogen and oxygen atoms in total. The van der Waals surface area contributed by atoms with Gasteiger partial charge in [-0.15, -0.1) is 12.4 Å². The third-order valence-electron chi connectivity index (χ3n) is 3.96. The average Bonchev–Trinajstić information content (AvgIpc) is 3.00. The van der Waals surface area contributed by atoms with Crippen molar-refractivity contribution < 1.29 is 9.59 Å². The molecule has 3 N–H and O–H groups in total. The smallest absolute Gasteiger partial charge is 0.251 e. The molecule has 1 heterocycles. The summed E-state index contributed by atoms with van der Waals surface area (Å²) in [7, 11) is 1.60. The number of hydrogen-bond acceptors (Lipinski definition) is 3. The van der Waals surface area contributed by atoms with E-state index in [2.05, 4.69) is 16.0 Å². The van der Waals surface area contributed by atoms with Gasteiger partial charge < -0.3 is 16.0 Å². The van der Waals surface area contributed by atoms with Crippen molar-refractivity contribution in [2.24, 2.45) is 0 Å². The van der Waals surface area contributed by atoms with Crippen LogP contribution in [-0.2, 0) is 4.79 Å². The molecular weight excluding hydrogens is 302 g/mol. The largest absolute Gasteiger partial charge is 0.355 e. The van der Waals surface area contributed by atoms with Crippen LogP contribution in [-0.4, -0.2) is 31.4 Å². The molecule has 1 aliphatic rings. The van der Waals surface area contributed by atoms with E-state index in [-0.39, 0.29) is 24.2 Å². The highest BCUT2D eigenvalue weighted by molar-refractivity contribution is 5.99. The van der Waals surface area contributed by atoms with Crippen LogP contribution in [0.4, 0.5) is 5.69 Å². The zero-order chi connectivity index (χ0) is 15.2. The summed E-state index contributed by atoms with van der Waals surface area (Å²) in [4.78, 5) is 23.8. The van der Waals surface area contributed by atoms with Gasteiger partial charge in [0, 0.05) is 30.8 Å². The fraction of sp³-hybridized carbons (Fsp3) is 0.500. The van der Waals surface area contributed by atoms with Crippen molar-refractivity contribution in [1.82, 2.24) is 10.6 Å². The quantitative estimate of drug-likeness (QED) is 0.777. The highest BCUT2D eigenvalue weighted by Crippen LogP contribution is 2.19. The van der Waals surface area contributed by atoms with Gasteiger partial charge in [0.25, 0.3) is 5.91 Å². The molecule has 22 heavy (non-hydrogen) atoms. The minimum Gasteiger partial charge on any atom is -0.355 e. The number of anilines is 1. The molecule has 1 saturated heterocycles. The number of amides is 2. The molecule has 0 spiro atoms. The first-order valence-corrected chi connectivity index (χ1v) is 7.46. The standard InChI is InChI=1S/C16H23N3O2.ClH/c1-11-13(16(21)17-2)6-3-7-14(11)19-15(20)9-8-12-5-4-10-18-12;/h3,6-7,12,18H,4-5,8-10H2,1-2H3,(H,17,21)(H,19,20);1H. The van der Waals surface area contributed by atoms with E-state index in [0.717, 1.165) is 24.9 Å². The Morgan fingerprint density at radius 1 is 1.36 bits per heavy atom. The minimum atomic E-state index is -0.140. The van der Waals surface area contributed by atoms with Crippen LogP contribution in [0.25, 0.3) is 0 Å². The molecule has 1 fully saturated rings. The number of rotatable bonds is 5. The summed E-state index contributed by atoms with van der Waals surface area (Å²) in [6.07, 6.45) is 3.71. The Morgan fingerprint density at radius 3 is 2.77 bits per heavy atom. The van der Waals surface area contributed by atoms with Crippen LogP contribution in [0.15, 0.2) is 18.2 Å². The zero-order valence-electron chi connectivity index (χ0n) is 13.1. The maximum atomic E-state index is 12.0. The predicted octanol–water partition coefficient (Wildman–Crippen LogP) is 2.25. The number of benzene rings is 1. The lowest BCUT2D eigenvalue weighted by Crippen LogP contribution is -2.24. The molecule has 6 heteroatoms. The van der Waals surface area contributed by atoms with Gasteiger partial charge in [-0.05, 0) is 50.4 Å². The van der Waals surface area contributed by atoms with Crippen LogP contribution in [0.5, 0.6) is 0 Å². The Morgan fingerprint density at radius 2 is 2.14 bits per heavy atom. The first-order valence-electron chi connectivity index (χ1n) is 7.46. The van der Waals surface area contributed by atoms with Gasteiger partial charge in [0.1, 0.15) is 0 Å².